The van der Waals surface area contributed by atoms with Crippen LogP contribution in [0.25, 0.3) is 22.3 Å². The normalized spacial score (nSPS) is 20.2. The lowest BCUT2D eigenvalue weighted by Gasteiger charge is -2.26. The predicted octanol–water partition coefficient (Wildman–Crippen LogP) is 3.55. The average Bonchev–Trinajstić information content (AvgIpc) is 3.08. The third-order valence-corrected chi connectivity index (χ3v) is 6.86. The number of rotatable bonds is 3. The lowest BCUT2D eigenvalue weighted by atomic mass is 10.0. The van der Waals surface area contributed by atoms with Gasteiger partial charge in [-0.15, -0.1) is 0 Å². The van der Waals surface area contributed by atoms with Crippen molar-refractivity contribution in [3.8, 4) is 11.3 Å². The maximum Gasteiger partial charge on any atom is 0.249 e. The Kier molecular flexibility index (Phi) is 3.58. The summed E-state index contributed by atoms with van der Waals surface area (Å²) in [6.45, 7) is 1.73. The maximum absolute atomic E-state index is 13.3. The van der Waals surface area contributed by atoms with Gasteiger partial charge in [-0.3, -0.25) is 4.98 Å². The molecule has 1 unspecified atom stereocenters. The number of fused-ring (bicyclic) bond motifs is 1. The minimum absolute atomic E-state index is 0.423. The molecule has 4 rings (SSSR count). The number of hydrogen-bond donors (Lipinski definition) is 0. The molecule has 0 bridgehead atoms. The van der Waals surface area contributed by atoms with Crippen LogP contribution in [0.4, 0.5) is 0 Å². The lowest BCUT2D eigenvalue weighted by Crippen LogP contribution is -2.37. The molecule has 3 aromatic heterocycles. The van der Waals surface area contributed by atoms with Crippen molar-refractivity contribution in [1.29, 1.82) is 0 Å². The monoisotopic (exact) mass is 351 g/mol. The molecular formula is C19H17N3O2S. The largest absolute Gasteiger partial charge is 0.256 e. The van der Waals surface area contributed by atoms with Crippen LogP contribution in [0.2, 0.25) is 0 Å². The topological polar surface area (TPSA) is 64.8 Å². The van der Waals surface area contributed by atoms with E-state index >= 15 is 0 Å². The second kappa shape index (κ2) is 5.67. The second-order valence-electron chi connectivity index (χ2n) is 6.23. The van der Waals surface area contributed by atoms with Gasteiger partial charge in [0.1, 0.15) is 4.75 Å². The Morgan fingerprint density at radius 2 is 1.96 bits per heavy atom. The summed E-state index contributed by atoms with van der Waals surface area (Å²) in [4.78, 5) is 8.70. The van der Waals surface area contributed by atoms with Crippen LogP contribution in [-0.2, 0) is 10.0 Å². The highest BCUT2D eigenvalue weighted by molar-refractivity contribution is 7.91. The van der Waals surface area contributed by atoms with E-state index in [9.17, 15) is 8.42 Å². The van der Waals surface area contributed by atoms with E-state index in [4.69, 9.17) is 0 Å². The van der Waals surface area contributed by atoms with Gasteiger partial charge in [0, 0.05) is 29.5 Å². The number of pyridine rings is 2. The van der Waals surface area contributed by atoms with Crippen molar-refractivity contribution >= 4 is 21.1 Å². The quantitative estimate of drug-likeness (QED) is 0.724. The average molecular weight is 351 g/mol. The van der Waals surface area contributed by atoms with Crippen molar-refractivity contribution in [3.63, 3.8) is 0 Å². The second-order valence-corrected chi connectivity index (χ2v) is 8.51. The summed E-state index contributed by atoms with van der Waals surface area (Å²) >= 11 is 0. The number of aromatic nitrogens is 3. The van der Waals surface area contributed by atoms with E-state index in [-0.39, 0.29) is 0 Å². The standard InChI is InChI=1S/C19H17N3O2S/c1-19(10-4-2-5-11-19)25(23,24)22-14-9-16-15(8-13-21-18(16)22)17-7-3-6-12-20-17/h2-10,12-14H,11H2,1H3. The predicted molar refractivity (Wildman–Crippen MR) is 98.6 cm³/mol. The zero-order valence-electron chi connectivity index (χ0n) is 13.7. The van der Waals surface area contributed by atoms with Gasteiger partial charge in [-0.05, 0) is 37.6 Å². The first-order chi connectivity index (χ1) is 12.0. The lowest BCUT2D eigenvalue weighted by molar-refractivity contribution is 0.554. The van der Waals surface area contributed by atoms with Gasteiger partial charge in [-0.1, -0.05) is 30.4 Å². The summed E-state index contributed by atoms with van der Waals surface area (Å²) in [6.07, 6.45) is 12.6. The van der Waals surface area contributed by atoms with Crippen molar-refractivity contribution in [3.05, 3.63) is 73.2 Å². The molecule has 1 atom stereocenters. The third-order valence-electron chi connectivity index (χ3n) is 4.56. The number of hydrogen-bond acceptors (Lipinski definition) is 4. The van der Waals surface area contributed by atoms with Crippen LogP contribution in [0.1, 0.15) is 13.3 Å². The van der Waals surface area contributed by atoms with E-state index in [1.165, 1.54) is 3.97 Å². The maximum atomic E-state index is 13.3. The van der Waals surface area contributed by atoms with E-state index in [0.717, 1.165) is 16.6 Å². The molecule has 5 nitrogen and oxygen atoms in total. The Morgan fingerprint density at radius 1 is 1.08 bits per heavy atom. The van der Waals surface area contributed by atoms with Gasteiger partial charge < -0.3 is 0 Å². The number of allylic oxidation sites excluding steroid dienone is 3. The van der Waals surface area contributed by atoms with E-state index in [1.807, 2.05) is 36.4 Å². The summed E-state index contributed by atoms with van der Waals surface area (Å²) in [5, 5.41) is 0.767. The summed E-state index contributed by atoms with van der Waals surface area (Å²) in [5.41, 5.74) is 2.08. The molecule has 6 heteroatoms. The molecule has 1 aliphatic rings. The van der Waals surface area contributed by atoms with Gasteiger partial charge in [0.05, 0.1) is 5.69 Å². The molecule has 0 aromatic carbocycles. The number of nitrogens with zero attached hydrogens (tertiary/aromatic N) is 3. The highest BCUT2D eigenvalue weighted by Crippen LogP contribution is 2.33. The zero-order chi connectivity index (χ0) is 17.5. The van der Waals surface area contributed by atoms with Gasteiger partial charge in [0.15, 0.2) is 5.65 Å². The summed E-state index contributed by atoms with van der Waals surface area (Å²) in [6, 6.07) is 9.29. The van der Waals surface area contributed by atoms with Crippen LogP contribution >= 0.6 is 0 Å². The Morgan fingerprint density at radius 3 is 2.68 bits per heavy atom. The van der Waals surface area contributed by atoms with Gasteiger partial charge in [0.25, 0.3) is 0 Å². The Balaban J connectivity index is 1.91. The van der Waals surface area contributed by atoms with Crippen LogP contribution in [0.15, 0.2) is 73.2 Å². The Labute approximate surface area is 146 Å². The van der Waals surface area contributed by atoms with Crippen LogP contribution in [0, 0.1) is 0 Å². The molecule has 126 valence electrons. The summed E-state index contributed by atoms with van der Waals surface area (Å²) in [7, 11) is -3.65. The van der Waals surface area contributed by atoms with Crippen molar-refractivity contribution in [2.45, 2.75) is 18.1 Å². The first kappa shape index (κ1) is 15.8. The Bertz CT molecular complexity index is 1100. The molecule has 3 aromatic rings. The van der Waals surface area contributed by atoms with Crippen LogP contribution in [0.3, 0.4) is 0 Å². The van der Waals surface area contributed by atoms with E-state index in [2.05, 4.69) is 9.97 Å². The fourth-order valence-electron chi connectivity index (χ4n) is 3.08. The van der Waals surface area contributed by atoms with Gasteiger partial charge in [-0.2, -0.15) is 0 Å². The molecule has 0 aliphatic heterocycles. The molecule has 0 fully saturated rings. The van der Waals surface area contributed by atoms with Crippen molar-refractivity contribution in [1.82, 2.24) is 13.9 Å². The zero-order valence-corrected chi connectivity index (χ0v) is 14.5. The van der Waals surface area contributed by atoms with E-state index < -0.39 is 14.8 Å². The van der Waals surface area contributed by atoms with E-state index in [0.29, 0.717) is 12.1 Å². The van der Waals surface area contributed by atoms with Gasteiger partial charge in [-0.25, -0.2) is 17.4 Å². The van der Waals surface area contributed by atoms with Crippen LogP contribution < -0.4 is 0 Å². The third kappa shape index (κ3) is 2.41. The molecule has 0 spiro atoms. The molecule has 0 radical (unpaired) electrons. The highest BCUT2D eigenvalue weighted by atomic mass is 32.2. The highest BCUT2D eigenvalue weighted by Gasteiger charge is 2.38. The van der Waals surface area contributed by atoms with Crippen LogP contribution in [0.5, 0.6) is 0 Å². The Hall–Kier alpha value is -2.73. The van der Waals surface area contributed by atoms with Crippen molar-refractivity contribution in [2.75, 3.05) is 0 Å². The molecule has 0 N–H and O–H groups in total. The smallest absolute Gasteiger partial charge is 0.249 e. The fraction of sp³-hybridized carbons (Fsp3) is 0.158. The first-order valence-electron chi connectivity index (χ1n) is 8.00. The molecule has 25 heavy (non-hydrogen) atoms. The molecule has 1 aliphatic carbocycles. The summed E-state index contributed by atoms with van der Waals surface area (Å²) < 4.78 is 26.8. The minimum atomic E-state index is -3.65. The molecule has 0 amide bonds. The SMILES string of the molecule is CC1(S(=O)(=O)n2ccc3c(-c4ccccn4)ccnc32)C=CC=CC1. The first-order valence-corrected chi connectivity index (χ1v) is 9.44. The van der Waals surface area contributed by atoms with Crippen LogP contribution in [-0.4, -0.2) is 27.1 Å². The minimum Gasteiger partial charge on any atom is -0.256 e. The van der Waals surface area contributed by atoms with Gasteiger partial charge in [0.2, 0.25) is 10.0 Å². The molecular weight excluding hydrogens is 334 g/mol. The molecule has 0 saturated heterocycles. The molecule has 3 heterocycles. The fourth-order valence-corrected chi connectivity index (χ4v) is 4.68. The van der Waals surface area contributed by atoms with Gasteiger partial charge >= 0.3 is 0 Å². The molecule has 0 saturated carbocycles. The van der Waals surface area contributed by atoms with Crippen molar-refractivity contribution in [2.24, 2.45) is 0 Å². The van der Waals surface area contributed by atoms with E-state index in [1.54, 1.807) is 43.7 Å². The van der Waals surface area contributed by atoms with Crippen molar-refractivity contribution < 1.29 is 8.42 Å². The summed E-state index contributed by atoms with van der Waals surface area (Å²) in [5.74, 6) is 0.